The molecule has 6 heteroatoms. The zero-order chi connectivity index (χ0) is 11.7. The molecule has 90 valence electrons. The van der Waals surface area contributed by atoms with Crippen LogP contribution in [0.4, 0.5) is 0 Å². The Balaban J connectivity index is 0.00000144. The maximum atomic E-state index is 11.6. The highest BCUT2D eigenvalue weighted by Crippen LogP contribution is 2.17. The minimum atomic E-state index is -0.428. The number of carbonyl (C=O) groups excluding carboxylic acids is 1. The minimum Gasteiger partial charge on any atom is -0.370 e. The Morgan fingerprint density at radius 1 is 1.29 bits per heavy atom. The number of fused-ring (bicyclic) bond motifs is 1. The summed E-state index contributed by atoms with van der Waals surface area (Å²) in [7, 11) is 1.91. The van der Waals surface area contributed by atoms with Gasteiger partial charge in [0.25, 0.3) is 5.91 Å². The molecule has 1 aromatic heterocycles. The molecule has 0 fully saturated rings. The SMILES string of the molecule is Cl.Cn1ccc2ccc(C(=O)N=C(N)N)cc21. The fourth-order valence-corrected chi connectivity index (χ4v) is 1.58. The number of guanidine groups is 1. The Labute approximate surface area is 105 Å². The van der Waals surface area contributed by atoms with Crippen LogP contribution in [-0.4, -0.2) is 16.4 Å². The maximum absolute atomic E-state index is 11.6. The Hall–Kier alpha value is -2.01. The van der Waals surface area contributed by atoms with E-state index in [9.17, 15) is 4.79 Å². The van der Waals surface area contributed by atoms with Crippen molar-refractivity contribution in [3.05, 3.63) is 36.0 Å². The highest BCUT2D eigenvalue weighted by molar-refractivity contribution is 6.03. The maximum Gasteiger partial charge on any atom is 0.280 e. The summed E-state index contributed by atoms with van der Waals surface area (Å²) in [5.41, 5.74) is 11.8. The molecule has 4 N–H and O–H groups in total. The van der Waals surface area contributed by atoms with Gasteiger partial charge in [-0.3, -0.25) is 4.79 Å². The number of nitrogens with two attached hydrogens (primary N) is 2. The zero-order valence-corrected chi connectivity index (χ0v) is 10.1. The molecule has 17 heavy (non-hydrogen) atoms. The van der Waals surface area contributed by atoms with Gasteiger partial charge in [-0.1, -0.05) is 6.07 Å². The molecule has 0 atom stereocenters. The van der Waals surface area contributed by atoms with Gasteiger partial charge in [-0.15, -0.1) is 12.4 Å². The Morgan fingerprint density at radius 3 is 2.65 bits per heavy atom. The largest absolute Gasteiger partial charge is 0.370 e. The number of benzene rings is 1. The Bertz CT molecular complexity index is 584. The van der Waals surface area contributed by atoms with E-state index < -0.39 is 5.91 Å². The molecular weight excluding hydrogens is 240 g/mol. The number of aliphatic imine (C=N–C) groups is 1. The molecule has 0 aliphatic rings. The molecule has 0 saturated heterocycles. The number of aryl methyl sites for hydroxylation is 1. The molecule has 0 aliphatic heterocycles. The first-order chi connectivity index (χ1) is 7.58. The molecule has 0 unspecified atom stereocenters. The summed E-state index contributed by atoms with van der Waals surface area (Å²) in [6.07, 6.45) is 1.93. The lowest BCUT2D eigenvalue weighted by Crippen LogP contribution is -2.24. The van der Waals surface area contributed by atoms with Gasteiger partial charge in [0, 0.05) is 24.3 Å². The summed E-state index contributed by atoms with van der Waals surface area (Å²) in [4.78, 5) is 15.1. The van der Waals surface area contributed by atoms with Crippen LogP contribution in [0.5, 0.6) is 0 Å². The van der Waals surface area contributed by atoms with Crippen molar-refractivity contribution in [1.82, 2.24) is 4.57 Å². The molecule has 0 radical (unpaired) electrons. The smallest absolute Gasteiger partial charge is 0.280 e. The third-order valence-corrected chi connectivity index (χ3v) is 2.37. The van der Waals surface area contributed by atoms with E-state index in [-0.39, 0.29) is 18.4 Å². The van der Waals surface area contributed by atoms with Gasteiger partial charge >= 0.3 is 0 Å². The zero-order valence-electron chi connectivity index (χ0n) is 9.25. The molecule has 0 saturated carbocycles. The monoisotopic (exact) mass is 252 g/mol. The van der Waals surface area contributed by atoms with Crippen LogP contribution in [0.1, 0.15) is 10.4 Å². The van der Waals surface area contributed by atoms with Crippen molar-refractivity contribution in [3.63, 3.8) is 0 Å². The lowest BCUT2D eigenvalue weighted by Gasteiger charge is -1.99. The second-order valence-electron chi connectivity index (χ2n) is 3.54. The van der Waals surface area contributed by atoms with Gasteiger partial charge in [0.2, 0.25) is 0 Å². The summed E-state index contributed by atoms with van der Waals surface area (Å²) < 4.78 is 1.93. The highest BCUT2D eigenvalue weighted by Gasteiger charge is 2.06. The first-order valence-electron chi connectivity index (χ1n) is 4.77. The molecule has 1 amide bonds. The van der Waals surface area contributed by atoms with Gasteiger partial charge in [-0.05, 0) is 23.6 Å². The van der Waals surface area contributed by atoms with Gasteiger partial charge in [0.15, 0.2) is 5.96 Å². The lowest BCUT2D eigenvalue weighted by atomic mass is 10.1. The van der Waals surface area contributed by atoms with Crippen LogP contribution in [-0.2, 0) is 7.05 Å². The summed E-state index contributed by atoms with van der Waals surface area (Å²) in [6.45, 7) is 0. The van der Waals surface area contributed by atoms with Crippen molar-refractivity contribution < 1.29 is 4.79 Å². The average molecular weight is 253 g/mol. The molecule has 1 heterocycles. The van der Waals surface area contributed by atoms with Gasteiger partial charge in [-0.2, -0.15) is 4.99 Å². The summed E-state index contributed by atoms with van der Waals surface area (Å²) in [5.74, 6) is -0.653. The van der Waals surface area contributed by atoms with Crippen molar-refractivity contribution >= 4 is 35.2 Å². The Morgan fingerprint density at radius 2 is 2.00 bits per heavy atom. The molecule has 2 aromatic rings. The predicted molar refractivity (Wildman–Crippen MR) is 70.3 cm³/mol. The lowest BCUT2D eigenvalue weighted by molar-refractivity contribution is 0.100. The van der Waals surface area contributed by atoms with Crippen molar-refractivity contribution in [2.45, 2.75) is 0 Å². The van der Waals surface area contributed by atoms with Crippen LogP contribution in [0.3, 0.4) is 0 Å². The molecule has 1 aromatic carbocycles. The van der Waals surface area contributed by atoms with E-state index in [0.717, 1.165) is 10.9 Å². The molecule has 0 spiro atoms. The third-order valence-electron chi connectivity index (χ3n) is 2.37. The first kappa shape index (κ1) is 13.1. The number of nitrogens with zero attached hydrogens (tertiary/aromatic N) is 2. The standard InChI is InChI=1S/C11H12N4O.ClH/c1-15-5-4-7-2-3-8(6-9(7)15)10(16)14-11(12)13;/h2-6H,1H3,(H4,12,13,14,16);1H. The Kier molecular flexibility index (Phi) is 3.75. The van der Waals surface area contributed by atoms with Gasteiger partial charge < -0.3 is 16.0 Å². The van der Waals surface area contributed by atoms with Crippen LogP contribution < -0.4 is 11.5 Å². The topological polar surface area (TPSA) is 86.4 Å². The van der Waals surface area contributed by atoms with Crippen LogP contribution in [0, 0.1) is 0 Å². The summed E-state index contributed by atoms with van der Waals surface area (Å²) in [5, 5.41) is 1.07. The van der Waals surface area contributed by atoms with E-state index in [2.05, 4.69) is 4.99 Å². The quantitative estimate of drug-likeness (QED) is 0.587. The highest BCUT2D eigenvalue weighted by atomic mass is 35.5. The van der Waals surface area contributed by atoms with E-state index in [0.29, 0.717) is 5.56 Å². The summed E-state index contributed by atoms with van der Waals surface area (Å²) >= 11 is 0. The van der Waals surface area contributed by atoms with E-state index >= 15 is 0 Å². The number of aromatic nitrogens is 1. The van der Waals surface area contributed by atoms with Crippen molar-refractivity contribution in [1.29, 1.82) is 0 Å². The first-order valence-corrected chi connectivity index (χ1v) is 4.77. The molecular formula is C11H13ClN4O. The third kappa shape index (κ3) is 2.57. The van der Waals surface area contributed by atoms with Crippen molar-refractivity contribution in [2.24, 2.45) is 23.5 Å². The van der Waals surface area contributed by atoms with Gasteiger partial charge in [-0.25, -0.2) is 0 Å². The predicted octanol–water partition coefficient (Wildman–Crippen LogP) is 1.01. The van der Waals surface area contributed by atoms with E-state index in [1.54, 1.807) is 12.1 Å². The van der Waals surface area contributed by atoms with Crippen LogP contribution >= 0.6 is 12.4 Å². The van der Waals surface area contributed by atoms with Crippen LogP contribution in [0.25, 0.3) is 10.9 Å². The van der Waals surface area contributed by atoms with Crippen molar-refractivity contribution in [2.75, 3.05) is 0 Å². The second-order valence-corrected chi connectivity index (χ2v) is 3.54. The number of hydrogen-bond donors (Lipinski definition) is 2. The fraction of sp³-hybridized carbons (Fsp3) is 0.0909. The van der Waals surface area contributed by atoms with E-state index in [1.807, 2.05) is 29.9 Å². The second kappa shape index (κ2) is 4.88. The normalized spacial score (nSPS) is 9.71. The number of carbonyl (C=O) groups is 1. The fourth-order valence-electron chi connectivity index (χ4n) is 1.58. The number of amides is 1. The number of hydrogen-bond acceptors (Lipinski definition) is 1. The van der Waals surface area contributed by atoms with Gasteiger partial charge in [0.05, 0.1) is 0 Å². The number of halogens is 1. The van der Waals surface area contributed by atoms with E-state index in [1.165, 1.54) is 0 Å². The van der Waals surface area contributed by atoms with E-state index in [4.69, 9.17) is 11.5 Å². The molecule has 0 bridgehead atoms. The number of rotatable bonds is 1. The summed E-state index contributed by atoms with van der Waals surface area (Å²) in [6, 6.07) is 7.32. The van der Waals surface area contributed by atoms with Crippen molar-refractivity contribution in [3.8, 4) is 0 Å². The average Bonchev–Trinajstić information content (AvgIpc) is 2.59. The van der Waals surface area contributed by atoms with Gasteiger partial charge in [0.1, 0.15) is 0 Å². The minimum absolute atomic E-state index is 0. The molecule has 0 aliphatic carbocycles. The van der Waals surface area contributed by atoms with Crippen LogP contribution in [0.2, 0.25) is 0 Å². The van der Waals surface area contributed by atoms with Crippen LogP contribution in [0.15, 0.2) is 35.5 Å². The molecule has 2 rings (SSSR count). The molecule has 5 nitrogen and oxygen atoms in total.